The Bertz CT molecular complexity index is 6120. The molecule has 2 heterocycles. The Balaban J connectivity index is 0.667. The second kappa shape index (κ2) is 24.3. The van der Waals surface area contributed by atoms with Gasteiger partial charge in [0.15, 0.2) is 0 Å². The van der Waals surface area contributed by atoms with Gasteiger partial charge < -0.3 is 0 Å². The molecule has 19 rings (SSSR count). The van der Waals surface area contributed by atoms with Crippen molar-refractivity contribution in [2.24, 2.45) is 0 Å². The highest BCUT2D eigenvalue weighted by molar-refractivity contribution is 5.94. The molecule has 0 atom stereocenters. The van der Waals surface area contributed by atoms with Crippen LogP contribution in [-0.2, 0) is 10.8 Å². The summed E-state index contributed by atoms with van der Waals surface area (Å²) in [5, 5.41) is 9.67. The lowest BCUT2D eigenvalue weighted by Gasteiger charge is -2.34. The van der Waals surface area contributed by atoms with Gasteiger partial charge in [0.1, 0.15) is 17.2 Å². The number of para-hydroxylation sites is 4. The van der Waals surface area contributed by atoms with Crippen LogP contribution >= 0.6 is 0 Å². The summed E-state index contributed by atoms with van der Waals surface area (Å²) >= 11 is 0. The number of aromatic nitrogens is 4. The van der Waals surface area contributed by atoms with Gasteiger partial charge >= 0.3 is 11.8 Å². The summed E-state index contributed by atoms with van der Waals surface area (Å²) in [6.45, 7) is 0. The molecule has 0 unspecified atom stereocenters. The molecule has 6 nitrogen and oxygen atoms in total. The van der Waals surface area contributed by atoms with Crippen LogP contribution in [0.2, 0.25) is 0 Å². The molecule has 2 aromatic heterocycles. The lowest BCUT2D eigenvalue weighted by molar-refractivity contribution is 0.769. The van der Waals surface area contributed by atoms with Crippen LogP contribution in [0.5, 0.6) is 0 Å². The van der Waals surface area contributed by atoms with E-state index in [0.717, 1.165) is 101 Å². The molecule has 0 fully saturated rings. The summed E-state index contributed by atoms with van der Waals surface area (Å²) in [7, 11) is 0. The third kappa shape index (κ3) is 9.61. The van der Waals surface area contributed by atoms with Crippen LogP contribution in [0.15, 0.2) is 370 Å². The molecule has 6 heteroatoms. The molecule has 0 aliphatic heterocycles. The van der Waals surface area contributed by atoms with Crippen LogP contribution in [0.4, 0.5) is 5.69 Å². The number of imidazole rings is 2. The summed E-state index contributed by atoms with van der Waals surface area (Å²) in [6.07, 6.45) is 0. The van der Waals surface area contributed by atoms with Crippen molar-refractivity contribution < 1.29 is 0 Å². The molecule has 0 bridgehead atoms. The lowest BCUT2D eigenvalue weighted by atomic mass is 9.67. The average molecular weight is 1300 g/mol. The van der Waals surface area contributed by atoms with E-state index in [1.54, 1.807) is 0 Å². The minimum absolute atomic E-state index is 0.622. The maximum atomic E-state index is 9.67. The van der Waals surface area contributed by atoms with Crippen LogP contribution in [-0.4, -0.2) is 19.1 Å². The van der Waals surface area contributed by atoms with Crippen LogP contribution in [0.25, 0.3) is 117 Å². The SMILES string of the molecule is N#Cc1ccc(-c2ccc3c(c2)C(c2ccccc2)(c2ccccc2)c2cc(-c4nc5ccc([N+]#Cc6ccc(-c7ccc8c(c7)C(c7ccccc7)(c7ccccc7)c7cc(-c9ccc(-c%10nc%11ccccc%11n%10-c%10ccccc%10)cc9)ccc7-8)cc6)cc5n4-c4ccccc4)ccc2-3)cc1. The van der Waals surface area contributed by atoms with E-state index in [1.807, 2.05) is 30.3 Å². The van der Waals surface area contributed by atoms with Crippen LogP contribution in [0, 0.1) is 17.4 Å². The van der Waals surface area contributed by atoms with Gasteiger partial charge in [0, 0.05) is 28.6 Å². The number of nitriles is 1. The zero-order chi connectivity index (χ0) is 67.7. The topological polar surface area (TPSA) is 63.8 Å². The molecule has 0 radical (unpaired) electrons. The Labute approximate surface area is 591 Å². The third-order valence-corrected chi connectivity index (χ3v) is 20.9. The molecule has 15 aromatic carbocycles. The normalized spacial score (nSPS) is 12.8. The van der Waals surface area contributed by atoms with Crippen molar-refractivity contribution in [1.29, 1.82) is 5.26 Å². The molecular formula is C96H61N6+. The monoisotopic (exact) mass is 1300 g/mol. The summed E-state index contributed by atoms with van der Waals surface area (Å²) in [6, 6.07) is 138. The molecular weight excluding hydrogens is 1240 g/mol. The molecule has 474 valence electrons. The summed E-state index contributed by atoms with van der Waals surface area (Å²) in [5.74, 6) is 1.74. The zero-order valence-electron chi connectivity index (χ0n) is 55.4. The van der Waals surface area contributed by atoms with E-state index in [0.29, 0.717) is 5.56 Å². The van der Waals surface area contributed by atoms with Crippen molar-refractivity contribution >= 4 is 27.8 Å². The number of rotatable bonds is 11. The standard InChI is InChI=1S/C96H61N6/c97-62-64-35-39-66(40-36-64)70-47-53-83-84-55-50-73(60-88(84)96(87(83)57-70,76-25-11-3-12-26-76)77-27-13-4-14-28-77)94-100-90-56-51-78(61-92(90)102(94)80-31-17-6-18-32-80)98-63-65-37-41-67(42-38-65)71-48-52-81-82-54-49-72(59-86(82)95(85(81)58-71,74-21-7-1-8-22-74)75-23-9-2-10-24-75)68-43-45-69(46-44-68)93-99-89-33-19-20-34-91(89)101(93)79-29-15-5-16-30-79/h1-61H/q+1. The van der Waals surface area contributed by atoms with Crippen molar-refractivity contribution in [3.63, 3.8) is 0 Å². The first-order valence-electron chi connectivity index (χ1n) is 34.6. The van der Waals surface area contributed by atoms with Gasteiger partial charge in [0.2, 0.25) is 0 Å². The number of hydrogen-bond acceptors (Lipinski definition) is 3. The minimum Gasteiger partial charge on any atom is -0.292 e. The van der Waals surface area contributed by atoms with Gasteiger partial charge in [-0.1, -0.05) is 267 Å². The average Bonchev–Trinajstić information content (AvgIpc) is 1.54. The lowest BCUT2D eigenvalue weighted by Crippen LogP contribution is -2.28. The van der Waals surface area contributed by atoms with Gasteiger partial charge in [-0.3, -0.25) is 9.13 Å². The van der Waals surface area contributed by atoms with E-state index in [1.165, 1.54) is 66.8 Å². The Hall–Kier alpha value is -13.8. The number of nitrogens with zero attached hydrogens (tertiary/aromatic N) is 6. The van der Waals surface area contributed by atoms with Crippen LogP contribution < -0.4 is 0 Å². The number of fused-ring (bicyclic) bond motifs is 8. The van der Waals surface area contributed by atoms with Gasteiger partial charge in [0.05, 0.1) is 50.6 Å². The molecule has 0 saturated carbocycles. The summed E-state index contributed by atoms with van der Waals surface area (Å²) in [4.78, 5) is 15.7. The first kappa shape index (κ1) is 59.5. The van der Waals surface area contributed by atoms with E-state index in [9.17, 15) is 5.26 Å². The van der Waals surface area contributed by atoms with E-state index < -0.39 is 10.8 Å². The Morgan fingerprint density at radius 1 is 0.275 bits per heavy atom. The van der Waals surface area contributed by atoms with Gasteiger partial charge in [-0.2, -0.15) is 5.26 Å². The maximum Gasteiger partial charge on any atom is 0.342 e. The summed E-state index contributed by atoms with van der Waals surface area (Å²) < 4.78 is 4.53. The maximum absolute atomic E-state index is 9.67. The molecule has 17 aromatic rings. The first-order valence-corrected chi connectivity index (χ1v) is 34.6. The second-order valence-electron chi connectivity index (χ2n) is 26.4. The molecule has 2 aliphatic rings. The summed E-state index contributed by atoms with van der Waals surface area (Å²) in [5.41, 5.74) is 30.0. The fourth-order valence-corrected chi connectivity index (χ4v) is 16.3. The van der Waals surface area contributed by atoms with E-state index >= 15 is 0 Å². The zero-order valence-corrected chi connectivity index (χ0v) is 55.4. The predicted octanol–water partition coefficient (Wildman–Crippen LogP) is 23.3. The molecule has 0 saturated heterocycles. The van der Waals surface area contributed by atoms with Gasteiger partial charge in [-0.15, -0.1) is 0 Å². The number of benzene rings is 15. The van der Waals surface area contributed by atoms with E-state index in [-0.39, 0.29) is 0 Å². The van der Waals surface area contributed by atoms with Gasteiger partial charge in [-0.05, 0) is 196 Å². The van der Waals surface area contributed by atoms with Crippen LogP contribution in [0.1, 0.15) is 55.6 Å². The first-order chi connectivity index (χ1) is 50.5. The van der Waals surface area contributed by atoms with E-state index in [4.69, 9.17) is 14.8 Å². The molecule has 2 aliphatic carbocycles. The fraction of sp³-hybridized carbons (Fsp3) is 0.0208. The largest absolute Gasteiger partial charge is 0.342 e. The molecule has 0 amide bonds. The highest BCUT2D eigenvalue weighted by Crippen LogP contribution is 2.60. The van der Waals surface area contributed by atoms with Crippen molar-refractivity contribution in [3.8, 4) is 102 Å². The Morgan fingerprint density at radius 3 is 1.05 bits per heavy atom. The van der Waals surface area contributed by atoms with Gasteiger partial charge in [0.25, 0.3) is 0 Å². The Morgan fingerprint density at radius 2 is 0.608 bits per heavy atom. The van der Waals surface area contributed by atoms with Crippen molar-refractivity contribution in [2.45, 2.75) is 10.8 Å². The Kier molecular flexibility index (Phi) is 14.2. The smallest absolute Gasteiger partial charge is 0.292 e. The number of hydrogen-bond donors (Lipinski definition) is 0. The van der Waals surface area contributed by atoms with Crippen molar-refractivity contribution in [3.05, 3.63) is 431 Å². The highest BCUT2D eigenvalue weighted by Gasteiger charge is 2.48. The van der Waals surface area contributed by atoms with Crippen LogP contribution in [0.3, 0.4) is 0 Å². The second-order valence-corrected chi connectivity index (χ2v) is 26.4. The fourth-order valence-electron chi connectivity index (χ4n) is 16.3. The predicted molar refractivity (Wildman–Crippen MR) is 415 cm³/mol. The van der Waals surface area contributed by atoms with Crippen molar-refractivity contribution in [2.75, 3.05) is 0 Å². The third-order valence-electron chi connectivity index (χ3n) is 20.9. The van der Waals surface area contributed by atoms with Gasteiger partial charge in [-0.25, -0.2) is 9.97 Å². The minimum atomic E-state index is -0.675. The highest BCUT2D eigenvalue weighted by atomic mass is 15.1. The molecule has 102 heavy (non-hydrogen) atoms. The molecule has 0 N–H and O–H groups in total. The van der Waals surface area contributed by atoms with Crippen molar-refractivity contribution in [1.82, 2.24) is 19.1 Å². The van der Waals surface area contributed by atoms with E-state index in [2.05, 4.69) is 361 Å². The molecule has 0 spiro atoms. The quantitative estimate of drug-likeness (QED) is 0.130.